The molecule has 0 aliphatic carbocycles. The van der Waals surface area contributed by atoms with Gasteiger partial charge >= 0.3 is 0 Å². The van der Waals surface area contributed by atoms with Gasteiger partial charge in [-0.15, -0.1) is 0 Å². The maximum Gasteiger partial charge on any atom is 0.258 e. The number of aryl methyl sites for hydroxylation is 2. The monoisotopic (exact) mass is 453 g/mol. The number of rotatable bonds is 9. The zero-order chi connectivity index (χ0) is 23.9. The van der Waals surface area contributed by atoms with E-state index in [0.29, 0.717) is 11.1 Å². The molecular formula is C29H24FNO3. The quantitative estimate of drug-likeness (QED) is 0.206. The van der Waals surface area contributed by atoms with Crippen LogP contribution < -0.4 is 5.32 Å². The molecule has 34 heavy (non-hydrogen) atoms. The van der Waals surface area contributed by atoms with E-state index >= 15 is 0 Å². The Labute approximate surface area is 197 Å². The Morgan fingerprint density at radius 3 is 1.94 bits per heavy atom. The Bertz CT molecular complexity index is 1250. The number of halogens is 1. The highest BCUT2D eigenvalue weighted by atomic mass is 19.1. The van der Waals surface area contributed by atoms with Gasteiger partial charge < -0.3 is 0 Å². The molecule has 1 N–H and O–H groups in total. The molecule has 0 bridgehead atoms. The number of nitrogens with one attached hydrogen (secondary N) is 1. The fourth-order valence-electron chi connectivity index (χ4n) is 3.81. The number of carbonyl (C=O) groups excluding carboxylic acids is 3. The second-order valence-corrected chi connectivity index (χ2v) is 8.23. The molecule has 0 aromatic heterocycles. The van der Waals surface area contributed by atoms with Crippen molar-refractivity contribution in [3.8, 4) is 0 Å². The molecule has 0 radical (unpaired) electrons. The van der Waals surface area contributed by atoms with E-state index in [2.05, 4.69) is 17.4 Å². The highest BCUT2D eigenvalue weighted by Gasteiger charge is 2.21. The summed E-state index contributed by atoms with van der Waals surface area (Å²) in [6.07, 6.45) is 8.59. The van der Waals surface area contributed by atoms with Crippen molar-refractivity contribution in [2.45, 2.75) is 25.7 Å². The van der Waals surface area contributed by atoms with Gasteiger partial charge in [-0.05, 0) is 78.3 Å². The molecule has 0 saturated carbocycles. The van der Waals surface area contributed by atoms with E-state index in [0.717, 1.165) is 36.8 Å². The molecule has 3 aromatic carbocycles. The van der Waals surface area contributed by atoms with Crippen LogP contribution in [0.5, 0.6) is 0 Å². The van der Waals surface area contributed by atoms with Crippen molar-refractivity contribution in [1.29, 1.82) is 0 Å². The summed E-state index contributed by atoms with van der Waals surface area (Å²) in [7, 11) is 0. The van der Waals surface area contributed by atoms with Crippen LogP contribution in [-0.2, 0) is 22.4 Å². The van der Waals surface area contributed by atoms with E-state index in [1.165, 1.54) is 47.5 Å². The van der Waals surface area contributed by atoms with Gasteiger partial charge in [0.05, 0.1) is 5.57 Å². The Kier molecular flexibility index (Phi) is 7.23. The number of benzene rings is 3. The molecule has 1 heterocycles. The van der Waals surface area contributed by atoms with Gasteiger partial charge in [0.1, 0.15) is 5.82 Å². The van der Waals surface area contributed by atoms with Gasteiger partial charge in [0.2, 0.25) is 0 Å². The van der Waals surface area contributed by atoms with Crippen LogP contribution in [0.4, 0.5) is 4.39 Å². The van der Waals surface area contributed by atoms with Gasteiger partial charge in [-0.25, -0.2) is 4.39 Å². The average Bonchev–Trinajstić information content (AvgIpc) is 3.19. The van der Waals surface area contributed by atoms with Gasteiger partial charge in [-0.3, -0.25) is 19.7 Å². The van der Waals surface area contributed by atoms with Crippen LogP contribution in [0.15, 0.2) is 84.9 Å². The molecule has 170 valence electrons. The molecule has 0 unspecified atom stereocenters. The molecule has 1 aliphatic heterocycles. The van der Waals surface area contributed by atoms with Gasteiger partial charge in [0.15, 0.2) is 5.78 Å². The van der Waals surface area contributed by atoms with E-state index in [4.69, 9.17) is 0 Å². The summed E-state index contributed by atoms with van der Waals surface area (Å²) in [4.78, 5) is 35.2. The summed E-state index contributed by atoms with van der Waals surface area (Å²) in [6, 6.07) is 21.4. The van der Waals surface area contributed by atoms with Crippen molar-refractivity contribution in [2.75, 3.05) is 0 Å². The van der Waals surface area contributed by atoms with Crippen molar-refractivity contribution < 1.29 is 18.8 Å². The Balaban J connectivity index is 1.22. The van der Waals surface area contributed by atoms with Crippen LogP contribution in [0, 0.1) is 5.82 Å². The SMILES string of the molecule is O=C1C=C(c2ccc(CCCCc3ccc(C=CC(=O)c4ccc(F)cc4)cc3)cc2)C(=O)N1. The number of unbranched alkanes of at least 4 members (excludes halogenated alkanes) is 1. The fraction of sp³-hybridized carbons (Fsp3) is 0.138. The van der Waals surface area contributed by atoms with Crippen LogP contribution in [-0.4, -0.2) is 17.6 Å². The molecular weight excluding hydrogens is 429 g/mol. The predicted molar refractivity (Wildman–Crippen MR) is 130 cm³/mol. The number of ketones is 1. The lowest BCUT2D eigenvalue weighted by Gasteiger charge is -2.05. The van der Waals surface area contributed by atoms with E-state index in [1.54, 1.807) is 6.08 Å². The highest BCUT2D eigenvalue weighted by Crippen LogP contribution is 2.19. The van der Waals surface area contributed by atoms with Gasteiger partial charge in [-0.2, -0.15) is 0 Å². The van der Waals surface area contributed by atoms with Gasteiger partial charge in [0, 0.05) is 11.6 Å². The van der Waals surface area contributed by atoms with E-state index in [9.17, 15) is 18.8 Å². The lowest BCUT2D eigenvalue weighted by Crippen LogP contribution is -2.21. The molecule has 0 atom stereocenters. The molecule has 0 spiro atoms. The summed E-state index contributed by atoms with van der Waals surface area (Å²) >= 11 is 0. The molecule has 5 heteroatoms. The molecule has 0 fully saturated rings. The molecule has 4 rings (SSSR count). The summed E-state index contributed by atoms with van der Waals surface area (Å²) in [5.74, 6) is -1.24. The van der Waals surface area contributed by atoms with Crippen molar-refractivity contribution in [3.05, 3.63) is 119 Å². The minimum Gasteiger partial charge on any atom is -0.289 e. The van der Waals surface area contributed by atoms with Crippen molar-refractivity contribution >= 4 is 29.2 Å². The fourth-order valence-corrected chi connectivity index (χ4v) is 3.81. The molecule has 1 aliphatic rings. The van der Waals surface area contributed by atoms with Crippen molar-refractivity contribution in [3.63, 3.8) is 0 Å². The first-order valence-electron chi connectivity index (χ1n) is 11.2. The first-order chi connectivity index (χ1) is 16.5. The van der Waals surface area contributed by atoms with E-state index in [1.807, 2.05) is 36.4 Å². The second-order valence-electron chi connectivity index (χ2n) is 8.23. The third-order valence-electron chi connectivity index (χ3n) is 5.74. The number of hydrogen-bond donors (Lipinski definition) is 1. The molecule has 0 saturated heterocycles. The third kappa shape index (κ3) is 6.01. The Morgan fingerprint density at radius 1 is 0.794 bits per heavy atom. The minimum absolute atomic E-state index is 0.158. The number of imide groups is 1. The molecule has 3 aromatic rings. The van der Waals surface area contributed by atoms with Crippen LogP contribution in [0.2, 0.25) is 0 Å². The number of allylic oxidation sites excluding steroid dienone is 1. The first-order valence-corrected chi connectivity index (χ1v) is 11.2. The lowest BCUT2D eigenvalue weighted by atomic mass is 10.00. The van der Waals surface area contributed by atoms with E-state index < -0.39 is 0 Å². The number of hydrogen-bond acceptors (Lipinski definition) is 3. The normalized spacial score (nSPS) is 13.3. The predicted octanol–water partition coefficient (Wildman–Crippen LogP) is 5.33. The second kappa shape index (κ2) is 10.7. The zero-order valence-corrected chi connectivity index (χ0v) is 18.6. The highest BCUT2D eigenvalue weighted by molar-refractivity contribution is 6.33. The maximum atomic E-state index is 13.0. The third-order valence-corrected chi connectivity index (χ3v) is 5.74. The number of carbonyl (C=O) groups is 3. The first kappa shape index (κ1) is 23.1. The van der Waals surface area contributed by atoms with Crippen molar-refractivity contribution in [1.82, 2.24) is 5.32 Å². The summed E-state index contributed by atoms with van der Waals surface area (Å²) in [6.45, 7) is 0. The molecule has 2 amide bonds. The van der Waals surface area contributed by atoms with Crippen LogP contribution >= 0.6 is 0 Å². The number of amides is 2. The average molecular weight is 454 g/mol. The minimum atomic E-state index is -0.369. The topological polar surface area (TPSA) is 63.2 Å². The van der Waals surface area contributed by atoms with Gasteiger partial charge in [-0.1, -0.05) is 54.6 Å². The summed E-state index contributed by atoms with van der Waals surface area (Å²) in [5.41, 5.74) is 4.99. The van der Waals surface area contributed by atoms with Crippen LogP contribution in [0.1, 0.15) is 45.5 Å². The maximum absolute atomic E-state index is 13.0. The van der Waals surface area contributed by atoms with Crippen molar-refractivity contribution in [2.24, 2.45) is 0 Å². The summed E-state index contributed by atoms with van der Waals surface area (Å²) in [5, 5.41) is 2.26. The Hall–Kier alpha value is -4.12. The largest absolute Gasteiger partial charge is 0.289 e. The van der Waals surface area contributed by atoms with E-state index in [-0.39, 0.29) is 23.4 Å². The summed E-state index contributed by atoms with van der Waals surface area (Å²) < 4.78 is 13.0. The smallest absolute Gasteiger partial charge is 0.258 e. The zero-order valence-electron chi connectivity index (χ0n) is 18.6. The lowest BCUT2D eigenvalue weighted by molar-refractivity contribution is -0.123. The van der Waals surface area contributed by atoms with Crippen LogP contribution in [0.25, 0.3) is 11.6 Å². The van der Waals surface area contributed by atoms with Gasteiger partial charge in [0.25, 0.3) is 11.8 Å². The Morgan fingerprint density at radius 2 is 1.38 bits per heavy atom. The molecule has 4 nitrogen and oxygen atoms in total. The van der Waals surface area contributed by atoms with Crippen LogP contribution in [0.3, 0.4) is 0 Å². The standard InChI is InChI=1S/C29H24FNO3/c30-25-16-14-24(15-17-25)27(32)18-11-22-7-5-20(6-8-22)3-1-2-4-21-9-12-23(13-10-21)26-19-28(33)31-29(26)34/h5-19H,1-4H2,(H,31,33,34).